The van der Waals surface area contributed by atoms with Crippen LogP contribution in [0.1, 0.15) is 38.3 Å². The number of rotatable bonds is 8. The molecule has 0 radical (unpaired) electrons. The number of sulfone groups is 1. The van der Waals surface area contributed by atoms with E-state index in [9.17, 15) is 13.2 Å². The summed E-state index contributed by atoms with van der Waals surface area (Å²) in [6.45, 7) is 6.01. The molecule has 3 aromatic rings. The van der Waals surface area contributed by atoms with Crippen molar-refractivity contribution < 1.29 is 13.2 Å². The Morgan fingerprint density at radius 2 is 1.88 bits per heavy atom. The summed E-state index contributed by atoms with van der Waals surface area (Å²) in [5.74, 6) is 0.632. The zero-order chi connectivity index (χ0) is 24.3. The van der Waals surface area contributed by atoms with Crippen molar-refractivity contribution in [2.45, 2.75) is 50.7 Å². The molecule has 180 valence electrons. The first kappa shape index (κ1) is 24.4. The molecule has 4 rings (SSSR count). The van der Waals surface area contributed by atoms with Gasteiger partial charge in [0.2, 0.25) is 5.91 Å². The van der Waals surface area contributed by atoms with E-state index < -0.39 is 15.4 Å². The first-order valence-corrected chi connectivity index (χ1v) is 14.2. The van der Waals surface area contributed by atoms with Crippen LogP contribution in [0.4, 0.5) is 0 Å². The van der Waals surface area contributed by atoms with Crippen molar-refractivity contribution in [3.05, 3.63) is 53.9 Å². The Morgan fingerprint density at radius 3 is 2.47 bits per heavy atom. The molecule has 1 N–H and O–H groups in total. The number of nitrogens with zero attached hydrogens (tertiary/aromatic N) is 4. The first-order chi connectivity index (χ1) is 16.3. The van der Waals surface area contributed by atoms with E-state index >= 15 is 0 Å². The van der Waals surface area contributed by atoms with Crippen LogP contribution in [0.15, 0.2) is 47.9 Å². The molecule has 1 aliphatic rings. The van der Waals surface area contributed by atoms with Crippen LogP contribution >= 0.6 is 11.8 Å². The molecule has 0 bridgehead atoms. The van der Waals surface area contributed by atoms with Crippen LogP contribution < -0.4 is 5.32 Å². The van der Waals surface area contributed by atoms with Crippen molar-refractivity contribution in [1.82, 2.24) is 25.1 Å². The van der Waals surface area contributed by atoms with Crippen molar-refractivity contribution in [2.24, 2.45) is 0 Å². The molecule has 1 amide bonds. The van der Waals surface area contributed by atoms with Gasteiger partial charge in [0.05, 0.1) is 28.5 Å². The van der Waals surface area contributed by atoms with Crippen molar-refractivity contribution in [1.29, 1.82) is 0 Å². The summed E-state index contributed by atoms with van der Waals surface area (Å²) in [4.78, 5) is 17.0. The summed E-state index contributed by atoms with van der Waals surface area (Å²) >= 11 is 1.29. The second-order valence-electron chi connectivity index (χ2n) is 8.75. The molecule has 10 heteroatoms. The zero-order valence-electron chi connectivity index (χ0n) is 19.6. The topological polar surface area (TPSA) is 107 Å². The number of nitrogens with one attached hydrogen (secondary N) is 1. The minimum atomic E-state index is -3.11. The van der Waals surface area contributed by atoms with E-state index in [1.165, 1.54) is 22.9 Å². The maximum Gasteiger partial charge on any atom is 0.230 e. The molecule has 3 heterocycles. The highest BCUT2D eigenvalue weighted by Gasteiger charge is 2.39. The van der Waals surface area contributed by atoms with Gasteiger partial charge in [0.25, 0.3) is 0 Å². The molecule has 0 saturated carbocycles. The highest BCUT2D eigenvalue weighted by atomic mass is 32.2. The van der Waals surface area contributed by atoms with Gasteiger partial charge in [-0.2, -0.15) is 0 Å². The first-order valence-electron chi connectivity index (χ1n) is 11.4. The second kappa shape index (κ2) is 9.87. The average Bonchev–Trinajstić information content (AvgIpc) is 3.36. The van der Waals surface area contributed by atoms with Crippen molar-refractivity contribution in [3.63, 3.8) is 0 Å². The summed E-state index contributed by atoms with van der Waals surface area (Å²) < 4.78 is 25.8. The second-order valence-corrected chi connectivity index (χ2v) is 11.9. The molecule has 0 spiro atoms. The highest BCUT2D eigenvalue weighted by Crippen LogP contribution is 2.32. The SMILES string of the molecule is CCc1cccc(CC)c1-n1c(SCC(=O)NC2(C)CCS(=O)(=O)C2)nnc1-c1cccnc1. The van der Waals surface area contributed by atoms with E-state index in [-0.39, 0.29) is 23.2 Å². The summed E-state index contributed by atoms with van der Waals surface area (Å²) in [5.41, 5.74) is 3.48. The highest BCUT2D eigenvalue weighted by molar-refractivity contribution is 7.99. The van der Waals surface area contributed by atoms with Gasteiger partial charge in [-0.05, 0) is 49.4 Å². The third-order valence-corrected chi connectivity index (χ3v) is 8.85. The lowest BCUT2D eigenvalue weighted by atomic mass is 10.0. The Kier molecular flexibility index (Phi) is 7.09. The van der Waals surface area contributed by atoms with Crippen LogP contribution in [-0.4, -0.2) is 56.9 Å². The lowest BCUT2D eigenvalue weighted by molar-refractivity contribution is -0.120. The fourth-order valence-corrected chi connectivity index (χ4v) is 7.19. The predicted octanol–water partition coefficient (Wildman–Crippen LogP) is 3.24. The van der Waals surface area contributed by atoms with Gasteiger partial charge in [-0.25, -0.2) is 8.42 Å². The van der Waals surface area contributed by atoms with Crippen molar-refractivity contribution in [2.75, 3.05) is 17.3 Å². The fourth-order valence-electron chi connectivity index (χ4n) is 4.36. The molecule has 1 unspecified atom stereocenters. The average molecular weight is 500 g/mol. The van der Waals surface area contributed by atoms with Gasteiger partial charge in [-0.1, -0.05) is 43.8 Å². The lowest BCUT2D eigenvalue weighted by Crippen LogP contribution is -2.47. The molecule has 1 aliphatic heterocycles. The van der Waals surface area contributed by atoms with E-state index in [0.717, 1.165) is 24.1 Å². The van der Waals surface area contributed by atoms with E-state index in [1.54, 1.807) is 19.3 Å². The Hall–Kier alpha value is -2.72. The normalized spacial score (nSPS) is 19.3. The number of carbonyl (C=O) groups is 1. The van der Waals surface area contributed by atoms with Crippen LogP contribution in [0.3, 0.4) is 0 Å². The number of para-hydroxylation sites is 1. The number of hydrogen-bond donors (Lipinski definition) is 1. The van der Waals surface area contributed by atoms with Crippen molar-refractivity contribution in [3.8, 4) is 17.1 Å². The molecule has 2 aromatic heterocycles. The Bertz CT molecular complexity index is 1270. The number of carbonyl (C=O) groups excluding carboxylic acids is 1. The fraction of sp³-hybridized carbons (Fsp3) is 0.417. The van der Waals surface area contributed by atoms with E-state index in [1.807, 2.05) is 16.7 Å². The van der Waals surface area contributed by atoms with Crippen LogP contribution in [0.2, 0.25) is 0 Å². The standard InChI is InChI=1S/C24H29N5O3S2/c1-4-17-8-6-9-18(5-2)21(17)29-22(19-10-7-12-25-14-19)27-28-23(29)33-15-20(30)26-24(3)11-13-34(31,32)16-24/h6-10,12,14H,4-5,11,13,15-16H2,1-3H3,(H,26,30). The smallest absolute Gasteiger partial charge is 0.230 e. The minimum absolute atomic E-state index is 0.0263. The van der Waals surface area contributed by atoms with Crippen LogP contribution in [-0.2, 0) is 27.5 Å². The Labute approximate surface area is 204 Å². The molecule has 0 aliphatic carbocycles. The van der Waals surface area contributed by atoms with E-state index in [2.05, 4.69) is 52.5 Å². The number of thioether (sulfide) groups is 1. The third-order valence-electron chi connectivity index (χ3n) is 6.02. The van der Waals surface area contributed by atoms with Crippen LogP contribution in [0.5, 0.6) is 0 Å². The predicted molar refractivity (Wildman–Crippen MR) is 134 cm³/mol. The number of hydrogen-bond acceptors (Lipinski definition) is 7. The number of amides is 1. The summed E-state index contributed by atoms with van der Waals surface area (Å²) in [6.07, 6.45) is 5.57. The third kappa shape index (κ3) is 5.17. The monoisotopic (exact) mass is 499 g/mol. The molecular formula is C24H29N5O3S2. The maximum atomic E-state index is 12.8. The number of benzene rings is 1. The minimum Gasteiger partial charge on any atom is -0.349 e. The van der Waals surface area contributed by atoms with E-state index in [4.69, 9.17) is 0 Å². The molecule has 1 atom stereocenters. The van der Waals surface area contributed by atoms with Crippen LogP contribution in [0.25, 0.3) is 17.1 Å². The van der Waals surface area contributed by atoms with Gasteiger partial charge in [0.1, 0.15) is 0 Å². The van der Waals surface area contributed by atoms with Crippen molar-refractivity contribution >= 4 is 27.5 Å². The number of aryl methyl sites for hydroxylation is 2. The number of pyridine rings is 1. The molecular weight excluding hydrogens is 470 g/mol. The Morgan fingerprint density at radius 1 is 1.15 bits per heavy atom. The van der Waals surface area contributed by atoms with Gasteiger partial charge in [0.15, 0.2) is 20.8 Å². The van der Waals surface area contributed by atoms with Gasteiger partial charge in [0, 0.05) is 18.0 Å². The molecule has 1 aromatic carbocycles. The Balaban J connectivity index is 1.67. The molecule has 1 fully saturated rings. The van der Waals surface area contributed by atoms with Crippen LogP contribution in [0, 0.1) is 0 Å². The lowest BCUT2D eigenvalue weighted by Gasteiger charge is -2.23. The van der Waals surface area contributed by atoms with Gasteiger partial charge >= 0.3 is 0 Å². The summed E-state index contributed by atoms with van der Waals surface area (Å²) in [7, 11) is -3.11. The molecule has 8 nitrogen and oxygen atoms in total. The maximum absolute atomic E-state index is 12.8. The summed E-state index contributed by atoms with van der Waals surface area (Å²) in [5, 5.41) is 12.4. The van der Waals surface area contributed by atoms with Gasteiger partial charge in [-0.3, -0.25) is 14.3 Å². The quantitative estimate of drug-likeness (QED) is 0.474. The van der Waals surface area contributed by atoms with Gasteiger partial charge < -0.3 is 5.32 Å². The molecule has 1 saturated heterocycles. The number of aromatic nitrogens is 4. The summed E-state index contributed by atoms with van der Waals surface area (Å²) in [6, 6.07) is 10.1. The van der Waals surface area contributed by atoms with E-state index in [0.29, 0.717) is 17.4 Å². The zero-order valence-corrected chi connectivity index (χ0v) is 21.2. The largest absolute Gasteiger partial charge is 0.349 e. The van der Waals surface area contributed by atoms with Gasteiger partial charge in [-0.15, -0.1) is 10.2 Å². The molecule has 34 heavy (non-hydrogen) atoms.